The lowest BCUT2D eigenvalue weighted by molar-refractivity contribution is -0.168. The molecule has 0 N–H and O–H groups in total. The second kappa shape index (κ2) is 12.9. The van der Waals surface area contributed by atoms with Gasteiger partial charge in [0, 0.05) is 50.2 Å². The standard InChI is InChI=1S/C35H40O10/c1-19-26(42-20(2)36)16-25-28(43-21(3)37)15-24-18-35(7,33(41)32(40)31(19)34(25,5)6)29(44-22(4)38)17-27(24)45-30(39)14-13-23-11-9-8-10-12-23/h8-15,25-29H,16-18H2,1-7H3/t25-,26-,27-,28+,29-,35+/m0/s1. The zero-order chi connectivity index (χ0) is 33.3. The van der Waals surface area contributed by atoms with Crippen LogP contribution in [0.25, 0.3) is 6.08 Å². The molecule has 4 bridgehead atoms. The molecule has 3 aliphatic carbocycles. The molecule has 0 unspecified atom stereocenters. The van der Waals surface area contributed by atoms with Gasteiger partial charge in [-0.1, -0.05) is 44.2 Å². The molecule has 1 fully saturated rings. The van der Waals surface area contributed by atoms with Gasteiger partial charge in [-0.05, 0) is 55.6 Å². The first kappa shape index (κ1) is 33.6. The van der Waals surface area contributed by atoms with Crippen molar-refractivity contribution in [3.05, 3.63) is 64.8 Å². The second-order valence-electron chi connectivity index (χ2n) is 12.8. The van der Waals surface area contributed by atoms with Crippen LogP contribution >= 0.6 is 0 Å². The van der Waals surface area contributed by atoms with Crippen molar-refractivity contribution in [2.45, 2.75) is 92.1 Å². The van der Waals surface area contributed by atoms with Crippen LogP contribution in [0.5, 0.6) is 0 Å². The number of rotatable bonds is 6. The van der Waals surface area contributed by atoms with Gasteiger partial charge in [0.2, 0.25) is 11.6 Å². The van der Waals surface area contributed by atoms with Crippen molar-refractivity contribution in [3.63, 3.8) is 0 Å². The Morgan fingerprint density at radius 1 is 0.822 bits per heavy atom. The maximum atomic E-state index is 14.3. The van der Waals surface area contributed by atoms with Crippen LogP contribution in [0.15, 0.2) is 59.2 Å². The number of ketones is 2. The summed E-state index contributed by atoms with van der Waals surface area (Å²) in [6, 6.07) is 9.15. The lowest BCUT2D eigenvalue weighted by Crippen LogP contribution is -2.55. The second-order valence-corrected chi connectivity index (χ2v) is 12.8. The molecular formula is C35H40O10. The molecule has 1 aromatic rings. The number of allylic oxidation sites excluding steroid dienone is 1. The number of carbonyl (C=O) groups is 6. The number of hydrogen-bond donors (Lipinski definition) is 0. The number of esters is 4. The van der Waals surface area contributed by atoms with Crippen LogP contribution in [0.4, 0.5) is 0 Å². The van der Waals surface area contributed by atoms with Crippen molar-refractivity contribution in [1.29, 1.82) is 0 Å². The molecule has 10 heteroatoms. The maximum Gasteiger partial charge on any atom is 0.331 e. The molecular weight excluding hydrogens is 580 g/mol. The van der Waals surface area contributed by atoms with Gasteiger partial charge in [-0.25, -0.2) is 4.79 Å². The first-order valence-electron chi connectivity index (χ1n) is 15.0. The van der Waals surface area contributed by atoms with Gasteiger partial charge in [0.05, 0.1) is 5.41 Å². The lowest BCUT2D eigenvalue weighted by atomic mass is 9.57. The third kappa shape index (κ3) is 7.00. The topological polar surface area (TPSA) is 139 Å². The first-order chi connectivity index (χ1) is 21.0. The van der Waals surface area contributed by atoms with Gasteiger partial charge >= 0.3 is 23.9 Å². The van der Waals surface area contributed by atoms with Gasteiger partial charge in [0.25, 0.3) is 0 Å². The number of hydrogen-bond acceptors (Lipinski definition) is 10. The molecule has 0 aliphatic heterocycles. The maximum absolute atomic E-state index is 14.3. The minimum absolute atomic E-state index is 0.0964. The van der Waals surface area contributed by atoms with Crippen molar-refractivity contribution in [2.75, 3.05) is 0 Å². The highest BCUT2D eigenvalue weighted by Crippen LogP contribution is 2.52. The highest BCUT2D eigenvalue weighted by molar-refractivity contribution is 6.45. The van der Waals surface area contributed by atoms with E-state index in [0.29, 0.717) is 11.1 Å². The zero-order valence-corrected chi connectivity index (χ0v) is 26.7. The molecule has 0 spiro atoms. The Hall–Kier alpha value is -4.34. The summed E-state index contributed by atoms with van der Waals surface area (Å²) in [5.74, 6) is -4.65. The number of carbonyl (C=O) groups excluding carboxylic acids is 6. The van der Waals surface area contributed by atoms with Gasteiger partial charge < -0.3 is 18.9 Å². The molecule has 6 atom stereocenters. The Balaban J connectivity index is 1.88. The Morgan fingerprint density at radius 3 is 2.04 bits per heavy atom. The predicted octanol–water partition coefficient (Wildman–Crippen LogP) is 4.65. The molecule has 1 saturated carbocycles. The van der Waals surface area contributed by atoms with Crippen LogP contribution in [0, 0.1) is 16.7 Å². The summed E-state index contributed by atoms with van der Waals surface area (Å²) in [5.41, 5.74) is -0.717. The quantitative estimate of drug-likeness (QED) is 0.145. The van der Waals surface area contributed by atoms with Gasteiger partial charge in [0.1, 0.15) is 24.4 Å². The van der Waals surface area contributed by atoms with Crippen LogP contribution in [0.3, 0.4) is 0 Å². The number of benzene rings is 1. The molecule has 0 saturated heterocycles. The predicted molar refractivity (Wildman–Crippen MR) is 162 cm³/mol. The normalized spacial score (nSPS) is 29.4. The third-order valence-corrected chi connectivity index (χ3v) is 9.16. The number of fused-ring (bicyclic) bond motifs is 4. The highest BCUT2D eigenvalue weighted by atomic mass is 16.6. The van der Waals surface area contributed by atoms with Crippen molar-refractivity contribution in [1.82, 2.24) is 0 Å². The van der Waals surface area contributed by atoms with Gasteiger partial charge in [-0.3, -0.25) is 24.0 Å². The van der Waals surface area contributed by atoms with Crippen molar-refractivity contribution < 1.29 is 47.7 Å². The fraction of sp³-hybridized carbons (Fsp3) is 0.486. The average Bonchev–Trinajstić information content (AvgIpc) is 2.94. The van der Waals surface area contributed by atoms with Gasteiger partial charge in [-0.2, -0.15) is 0 Å². The van der Waals surface area contributed by atoms with Crippen molar-refractivity contribution in [3.8, 4) is 0 Å². The van der Waals surface area contributed by atoms with Crippen molar-refractivity contribution >= 4 is 41.5 Å². The number of ether oxygens (including phenoxy) is 4. The summed E-state index contributed by atoms with van der Waals surface area (Å²) in [6.45, 7) is 10.5. The molecule has 10 nitrogen and oxygen atoms in total. The summed E-state index contributed by atoms with van der Waals surface area (Å²) in [6.07, 6.45) is 0.701. The zero-order valence-electron chi connectivity index (χ0n) is 26.7. The van der Waals surface area contributed by atoms with Crippen LogP contribution in [-0.4, -0.2) is 59.9 Å². The fourth-order valence-corrected chi connectivity index (χ4v) is 6.98. The molecule has 3 aliphatic rings. The smallest absolute Gasteiger partial charge is 0.331 e. The fourth-order valence-electron chi connectivity index (χ4n) is 6.98. The van der Waals surface area contributed by atoms with Crippen molar-refractivity contribution in [2.24, 2.45) is 16.7 Å². The molecule has 0 heterocycles. The minimum Gasteiger partial charge on any atom is -0.461 e. The summed E-state index contributed by atoms with van der Waals surface area (Å²) in [7, 11) is 0. The Labute approximate surface area is 262 Å². The molecule has 45 heavy (non-hydrogen) atoms. The lowest BCUT2D eigenvalue weighted by Gasteiger charge is -2.49. The largest absolute Gasteiger partial charge is 0.461 e. The molecule has 0 aromatic heterocycles. The summed E-state index contributed by atoms with van der Waals surface area (Å²) >= 11 is 0. The van der Waals surface area contributed by atoms with E-state index in [0.717, 1.165) is 5.56 Å². The SMILES string of the molecule is CC(=O)O[C@H]1C[C@H]2[C@H](OC(C)=O)C=C3C[C@@](C)(C(=O)C(=O)C(=C1C)C2(C)C)[C@@H](OC(C)=O)C[C@@H]3OC(=O)C=Cc1ccccc1. The van der Waals surface area contributed by atoms with Gasteiger partial charge in [0.15, 0.2) is 0 Å². The van der Waals surface area contributed by atoms with E-state index in [-0.39, 0.29) is 24.8 Å². The van der Waals surface area contributed by atoms with Crippen LogP contribution < -0.4 is 0 Å². The molecule has 4 rings (SSSR count). The summed E-state index contributed by atoms with van der Waals surface area (Å²) in [5, 5.41) is 0. The highest BCUT2D eigenvalue weighted by Gasteiger charge is 2.57. The van der Waals surface area contributed by atoms with Crippen LogP contribution in [0.2, 0.25) is 0 Å². The van der Waals surface area contributed by atoms with E-state index in [4.69, 9.17) is 18.9 Å². The molecule has 1 aromatic carbocycles. The van der Waals surface area contributed by atoms with E-state index in [1.807, 2.05) is 30.3 Å². The van der Waals surface area contributed by atoms with E-state index in [1.165, 1.54) is 26.8 Å². The van der Waals surface area contributed by atoms with E-state index in [1.54, 1.807) is 39.8 Å². The van der Waals surface area contributed by atoms with E-state index >= 15 is 0 Å². The first-order valence-corrected chi connectivity index (χ1v) is 15.0. The minimum atomic E-state index is -1.54. The molecule has 240 valence electrons. The Morgan fingerprint density at radius 2 is 1.44 bits per heavy atom. The number of Topliss-reactive ketones (excluding diaryl/α,β-unsaturated/α-hetero) is 2. The van der Waals surface area contributed by atoms with Crippen LogP contribution in [0.1, 0.15) is 73.3 Å². The monoisotopic (exact) mass is 620 g/mol. The average molecular weight is 621 g/mol. The summed E-state index contributed by atoms with van der Waals surface area (Å²) in [4.78, 5) is 78.4. The van der Waals surface area contributed by atoms with E-state index < -0.39 is 76.6 Å². The third-order valence-electron chi connectivity index (χ3n) is 9.16. The molecule has 0 amide bonds. The Kier molecular flexibility index (Phi) is 9.65. The molecule has 0 radical (unpaired) electrons. The van der Waals surface area contributed by atoms with Gasteiger partial charge in [-0.15, -0.1) is 0 Å². The Bertz CT molecular complexity index is 1500. The summed E-state index contributed by atoms with van der Waals surface area (Å²) < 4.78 is 23.0. The van der Waals surface area contributed by atoms with E-state index in [2.05, 4.69) is 0 Å². The van der Waals surface area contributed by atoms with E-state index in [9.17, 15) is 28.8 Å². The van der Waals surface area contributed by atoms with Crippen LogP contribution in [-0.2, 0) is 47.7 Å².